The number of hydrogen-bond acceptors (Lipinski definition) is 3. The predicted octanol–water partition coefficient (Wildman–Crippen LogP) is -0.292. The van der Waals surface area contributed by atoms with Crippen LogP contribution in [-0.2, 0) is 9.59 Å². The fraction of sp³-hybridized carbons (Fsp3) is 0.833. The number of piperidine rings is 1. The molecule has 0 aromatic carbocycles. The van der Waals surface area contributed by atoms with Gasteiger partial charge in [-0.05, 0) is 31.7 Å². The van der Waals surface area contributed by atoms with Gasteiger partial charge in [-0.15, -0.1) is 0 Å². The Balaban J connectivity index is 2.01. The molecule has 3 atom stereocenters. The fourth-order valence-corrected chi connectivity index (χ4v) is 2.53. The lowest BCUT2D eigenvalue weighted by atomic mass is 10.0. The SMILES string of the molecule is CC1CC1C(=O)N(CC(N)=O)C1CCCNC1. The third-order valence-corrected chi connectivity index (χ3v) is 3.75. The minimum atomic E-state index is -0.419. The molecule has 3 N–H and O–H groups in total. The molecule has 5 heteroatoms. The lowest BCUT2D eigenvalue weighted by Gasteiger charge is -2.34. The molecule has 1 aliphatic heterocycles. The second kappa shape index (κ2) is 5.04. The third-order valence-electron chi connectivity index (χ3n) is 3.75. The van der Waals surface area contributed by atoms with Crippen LogP contribution in [0.4, 0.5) is 0 Å². The van der Waals surface area contributed by atoms with Gasteiger partial charge in [0.25, 0.3) is 0 Å². The molecule has 0 radical (unpaired) electrons. The Hall–Kier alpha value is -1.10. The molecule has 2 amide bonds. The summed E-state index contributed by atoms with van der Waals surface area (Å²) in [6, 6.07) is 0.136. The van der Waals surface area contributed by atoms with E-state index in [0.717, 1.165) is 32.4 Å². The van der Waals surface area contributed by atoms with Crippen LogP contribution in [0.2, 0.25) is 0 Å². The molecular formula is C12H21N3O2. The largest absolute Gasteiger partial charge is 0.368 e. The summed E-state index contributed by atoms with van der Waals surface area (Å²) in [6.07, 6.45) is 2.97. The number of hydrogen-bond donors (Lipinski definition) is 2. The van der Waals surface area contributed by atoms with Gasteiger partial charge in [0.1, 0.15) is 0 Å². The van der Waals surface area contributed by atoms with E-state index in [4.69, 9.17) is 5.73 Å². The fourth-order valence-electron chi connectivity index (χ4n) is 2.53. The smallest absolute Gasteiger partial charge is 0.237 e. The minimum absolute atomic E-state index is 0.0639. The van der Waals surface area contributed by atoms with E-state index in [1.54, 1.807) is 4.90 Å². The van der Waals surface area contributed by atoms with Gasteiger partial charge in [-0.3, -0.25) is 9.59 Å². The molecule has 2 fully saturated rings. The Labute approximate surface area is 102 Å². The normalized spacial score (nSPS) is 31.9. The maximum absolute atomic E-state index is 12.2. The molecule has 5 nitrogen and oxygen atoms in total. The highest BCUT2D eigenvalue weighted by atomic mass is 16.2. The zero-order valence-corrected chi connectivity index (χ0v) is 10.3. The van der Waals surface area contributed by atoms with Crippen molar-refractivity contribution in [3.63, 3.8) is 0 Å². The number of nitrogens with one attached hydrogen (secondary N) is 1. The summed E-state index contributed by atoms with van der Waals surface area (Å²) in [5.41, 5.74) is 5.24. The molecule has 0 spiro atoms. The molecule has 0 aromatic heterocycles. The van der Waals surface area contributed by atoms with Gasteiger partial charge in [-0.2, -0.15) is 0 Å². The van der Waals surface area contributed by atoms with Crippen molar-refractivity contribution in [2.75, 3.05) is 19.6 Å². The Bertz CT molecular complexity index is 313. The molecule has 2 aliphatic rings. The highest BCUT2D eigenvalue weighted by Crippen LogP contribution is 2.39. The summed E-state index contributed by atoms with van der Waals surface area (Å²) in [5, 5.41) is 3.27. The number of primary amides is 1. The van der Waals surface area contributed by atoms with Gasteiger partial charge in [-0.1, -0.05) is 6.92 Å². The van der Waals surface area contributed by atoms with Crippen LogP contribution in [0, 0.1) is 11.8 Å². The summed E-state index contributed by atoms with van der Waals surface area (Å²) in [6.45, 7) is 3.91. The first-order chi connectivity index (χ1) is 8.09. The Morgan fingerprint density at radius 3 is 2.65 bits per heavy atom. The molecule has 3 unspecified atom stereocenters. The van der Waals surface area contributed by atoms with E-state index in [-0.39, 0.29) is 24.4 Å². The van der Waals surface area contributed by atoms with Crippen molar-refractivity contribution in [3.05, 3.63) is 0 Å². The Kier molecular flexibility index (Phi) is 3.66. The summed E-state index contributed by atoms with van der Waals surface area (Å²) >= 11 is 0. The van der Waals surface area contributed by atoms with Crippen LogP contribution in [0.25, 0.3) is 0 Å². The Morgan fingerprint density at radius 2 is 2.18 bits per heavy atom. The second-order valence-electron chi connectivity index (χ2n) is 5.25. The van der Waals surface area contributed by atoms with Crippen LogP contribution in [0.1, 0.15) is 26.2 Å². The molecule has 1 aliphatic carbocycles. The van der Waals surface area contributed by atoms with E-state index >= 15 is 0 Å². The summed E-state index contributed by atoms with van der Waals surface area (Å²) in [7, 11) is 0. The second-order valence-corrected chi connectivity index (χ2v) is 5.25. The van der Waals surface area contributed by atoms with Gasteiger partial charge in [0.2, 0.25) is 11.8 Å². The lowest BCUT2D eigenvalue weighted by molar-refractivity contribution is -0.139. The van der Waals surface area contributed by atoms with E-state index in [0.29, 0.717) is 5.92 Å². The highest BCUT2D eigenvalue weighted by Gasteiger charge is 2.43. The van der Waals surface area contributed by atoms with Crippen LogP contribution < -0.4 is 11.1 Å². The van der Waals surface area contributed by atoms with E-state index in [1.807, 2.05) is 0 Å². The molecular weight excluding hydrogens is 218 g/mol. The van der Waals surface area contributed by atoms with E-state index < -0.39 is 5.91 Å². The van der Waals surface area contributed by atoms with Crippen LogP contribution in [-0.4, -0.2) is 42.4 Å². The van der Waals surface area contributed by atoms with Gasteiger partial charge in [0, 0.05) is 18.5 Å². The number of rotatable bonds is 4. The summed E-state index contributed by atoms with van der Waals surface area (Å²) < 4.78 is 0. The first kappa shape index (κ1) is 12.4. The third kappa shape index (κ3) is 2.97. The van der Waals surface area contributed by atoms with Crippen LogP contribution >= 0.6 is 0 Å². The number of amides is 2. The summed E-state index contributed by atoms with van der Waals surface area (Å²) in [4.78, 5) is 25.0. The first-order valence-corrected chi connectivity index (χ1v) is 6.39. The molecule has 17 heavy (non-hydrogen) atoms. The van der Waals surface area contributed by atoms with Crippen molar-refractivity contribution in [3.8, 4) is 0 Å². The van der Waals surface area contributed by atoms with Crippen LogP contribution in [0.3, 0.4) is 0 Å². The maximum Gasteiger partial charge on any atom is 0.237 e. The highest BCUT2D eigenvalue weighted by molar-refractivity contribution is 5.87. The van der Waals surface area contributed by atoms with Gasteiger partial charge in [0.05, 0.1) is 6.54 Å². The van der Waals surface area contributed by atoms with Gasteiger partial charge in [0.15, 0.2) is 0 Å². The standard InChI is InChI=1S/C12H21N3O2/c1-8-5-10(8)12(17)15(7-11(13)16)9-3-2-4-14-6-9/h8-10,14H,2-7H2,1H3,(H2,13,16). The molecule has 1 heterocycles. The quantitative estimate of drug-likeness (QED) is 0.708. The molecule has 1 saturated heterocycles. The molecule has 0 bridgehead atoms. The van der Waals surface area contributed by atoms with Crippen LogP contribution in [0.5, 0.6) is 0 Å². The van der Waals surface area contributed by atoms with E-state index in [9.17, 15) is 9.59 Å². The first-order valence-electron chi connectivity index (χ1n) is 6.39. The topological polar surface area (TPSA) is 75.4 Å². The maximum atomic E-state index is 12.2. The van der Waals surface area contributed by atoms with Crippen molar-refractivity contribution in [2.24, 2.45) is 17.6 Å². The number of nitrogens with zero attached hydrogens (tertiary/aromatic N) is 1. The zero-order valence-electron chi connectivity index (χ0n) is 10.3. The zero-order chi connectivity index (χ0) is 12.4. The monoisotopic (exact) mass is 239 g/mol. The van der Waals surface area contributed by atoms with E-state index in [1.165, 1.54) is 0 Å². The molecule has 96 valence electrons. The van der Waals surface area contributed by atoms with Crippen LogP contribution in [0.15, 0.2) is 0 Å². The lowest BCUT2D eigenvalue weighted by Crippen LogP contribution is -2.52. The van der Waals surface area contributed by atoms with Crippen molar-refractivity contribution >= 4 is 11.8 Å². The van der Waals surface area contributed by atoms with Crippen molar-refractivity contribution in [1.29, 1.82) is 0 Å². The minimum Gasteiger partial charge on any atom is -0.368 e. The Morgan fingerprint density at radius 1 is 1.47 bits per heavy atom. The van der Waals surface area contributed by atoms with E-state index in [2.05, 4.69) is 12.2 Å². The van der Waals surface area contributed by atoms with Gasteiger partial charge in [-0.25, -0.2) is 0 Å². The number of nitrogens with two attached hydrogens (primary N) is 1. The number of carbonyl (C=O) groups is 2. The van der Waals surface area contributed by atoms with Gasteiger partial charge >= 0.3 is 0 Å². The molecule has 0 aromatic rings. The molecule has 1 saturated carbocycles. The average molecular weight is 239 g/mol. The van der Waals surface area contributed by atoms with Crippen molar-refractivity contribution in [1.82, 2.24) is 10.2 Å². The van der Waals surface area contributed by atoms with Crippen molar-refractivity contribution in [2.45, 2.75) is 32.2 Å². The predicted molar refractivity (Wildman–Crippen MR) is 64.1 cm³/mol. The van der Waals surface area contributed by atoms with Crippen molar-refractivity contribution < 1.29 is 9.59 Å². The average Bonchev–Trinajstić information content (AvgIpc) is 3.03. The molecule has 2 rings (SSSR count). The summed E-state index contributed by atoms with van der Waals surface area (Å²) in [5.74, 6) is 0.285. The van der Waals surface area contributed by atoms with Gasteiger partial charge < -0.3 is 16.0 Å². The number of carbonyl (C=O) groups excluding carboxylic acids is 2.